The molecule has 0 radical (unpaired) electrons. The van der Waals surface area contributed by atoms with Gasteiger partial charge in [-0.05, 0) is 60.5 Å². The van der Waals surface area contributed by atoms with E-state index in [-0.39, 0.29) is 17.3 Å². The maximum atomic E-state index is 12.6. The van der Waals surface area contributed by atoms with Gasteiger partial charge >= 0.3 is 0 Å². The number of anilines is 1. The lowest BCUT2D eigenvalue weighted by Gasteiger charge is -2.17. The van der Waals surface area contributed by atoms with Crippen LogP contribution in [0.15, 0.2) is 67.0 Å². The zero-order valence-corrected chi connectivity index (χ0v) is 16.1. The van der Waals surface area contributed by atoms with E-state index in [1.807, 2.05) is 12.1 Å². The zero-order valence-electron chi connectivity index (χ0n) is 15.3. The van der Waals surface area contributed by atoms with E-state index in [0.717, 1.165) is 5.56 Å². The summed E-state index contributed by atoms with van der Waals surface area (Å²) >= 11 is 5.84. The molecule has 2 amide bonds. The molecule has 2 heterocycles. The third kappa shape index (κ3) is 5.14. The fourth-order valence-corrected chi connectivity index (χ4v) is 2.68. The van der Waals surface area contributed by atoms with Gasteiger partial charge in [0.05, 0.1) is 0 Å². The van der Waals surface area contributed by atoms with Crippen LogP contribution in [0, 0.1) is 0 Å². The number of hydrogen-bond acceptors (Lipinski definition) is 4. The highest BCUT2D eigenvalue weighted by atomic mass is 35.5. The van der Waals surface area contributed by atoms with Crippen molar-refractivity contribution in [3.63, 3.8) is 0 Å². The van der Waals surface area contributed by atoms with Gasteiger partial charge in [-0.25, -0.2) is 4.98 Å². The Morgan fingerprint density at radius 3 is 2.39 bits per heavy atom. The van der Waals surface area contributed by atoms with Gasteiger partial charge < -0.3 is 10.2 Å². The molecule has 0 atom stereocenters. The number of nitrogens with one attached hydrogen (secondary N) is 1. The number of hydrogen-bond donors (Lipinski definition) is 1. The minimum absolute atomic E-state index is 0.170. The van der Waals surface area contributed by atoms with Gasteiger partial charge in [-0.2, -0.15) is 0 Å². The van der Waals surface area contributed by atoms with Gasteiger partial charge in [0.2, 0.25) is 0 Å². The fraction of sp³-hybridized carbons (Fsp3) is 0.143. The van der Waals surface area contributed by atoms with Crippen molar-refractivity contribution in [3.8, 4) is 0 Å². The van der Waals surface area contributed by atoms with Crippen LogP contribution in [-0.2, 0) is 6.42 Å². The number of halogens is 1. The summed E-state index contributed by atoms with van der Waals surface area (Å²) in [4.78, 5) is 34.8. The second-order valence-electron chi connectivity index (χ2n) is 6.20. The van der Waals surface area contributed by atoms with Gasteiger partial charge in [0.15, 0.2) is 0 Å². The van der Waals surface area contributed by atoms with E-state index >= 15 is 0 Å². The molecule has 0 spiro atoms. The van der Waals surface area contributed by atoms with Gasteiger partial charge in [0.25, 0.3) is 11.8 Å². The Hall–Kier alpha value is -3.25. The molecule has 0 aliphatic heterocycles. The number of amides is 2. The number of carbonyl (C=O) groups is 2. The van der Waals surface area contributed by atoms with Crippen LogP contribution in [0.25, 0.3) is 0 Å². The molecule has 0 saturated carbocycles. The predicted octanol–water partition coefficient (Wildman–Crippen LogP) is 3.70. The Kier molecular flexibility index (Phi) is 6.34. The Labute approximate surface area is 168 Å². The van der Waals surface area contributed by atoms with Crippen LogP contribution in [0.3, 0.4) is 0 Å². The van der Waals surface area contributed by atoms with E-state index in [4.69, 9.17) is 11.6 Å². The lowest BCUT2D eigenvalue weighted by Crippen LogP contribution is -2.30. The molecule has 0 aliphatic rings. The Bertz CT molecular complexity index is 962. The van der Waals surface area contributed by atoms with Crippen LogP contribution in [0.5, 0.6) is 0 Å². The van der Waals surface area contributed by atoms with Gasteiger partial charge in [-0.1, -0.05) is 17.7 Å². The molecule has 0 saturated heterocycles. The molecule has 0 unspecified atom stereocenters. The predicted molar refractivity (Wildman–Crippen MR) is 109 cm³/mol. The number of likely N-dealkylation sites (N-methyl/N-ethyl adjacent to an activating group) is 1. The van der Waals surface area contributed by atoms with E-state index in [2.05, 4.69) is 15.3 Å². The molecular weight excluding hydrogens is 376 g/mol. The average Bonchev–Trinajstić information content (AvgIpc) is 2.74. The van der Waals surface area contributed by atoms with Crippen molar-refractivity contribution in [2.75, 3.05) is 18.9 Å². The molecule has 28 heavy (non-hydrogen) atoms. The van der Waals surface area contributed by atoms with Crippen molar-refractivity contribution in [3.05, 3.63) is 89.0 Å². The van der Waals surface area contributed by atoms with E-state index < -0.39 is 5.91 Å². The minimum Gasteiger partial charge on any atom is -0.340 e. The molecule has 0 fully saturated rings. The summed E-state index contributed by atoms with van der Waals surface area (Å²) in [5, 5.41) is 3.32. The van der Waals surface area contributed by atoms with Crippen molar-refractivity contribution >= 4 is 29.1 Å². The van der Waals surface area contributed by atoms with Crippen LogP contribution in [0.2, 0.25) is 5.02 Å². The van der Waals surface area contributed by atoms with Crippen LogP contribution in [0.4, 0.5) is 5.69 Å². The highest BCUT2D eigenvalue weighted by Crippen LogP contribution is 2.14. The third-order valence-corrected chi connectivity index (χ3v) is 4.39. The lowest BCUT2D eigenvalue weighted by molar-refractivity contribution is 0.0790. The Balaban J connectivity index is 1.65. The fourth-order valence-electron chi connectivity index (χ4n) is 2.55. The number of nitrogens with zero attached hydrogens (tertiary/aromatic N) is 3. The molecule has 142 valence electrons. The zero-order chi connectivity index (χ0) is 19.9. The normalized spacial score (nSPS) is 10.4. The minimum atomic E-state index is -0.392. The van der Waals surface area contributed by atoms with Crippen molar-refractivity contribution in [1.29, 1.82) is 0 Å². The van der Waals surface area contributed by atoms with Crippen LogP contribution in [0.1, 0.15) is 26.5 Å². The standard InChI is InChI=1S/C21H19ClN4O2/c1-26(14-11-15-9-12-23-13-10-15)21(28)19-4-2-3-18(25-19)20(27)24-17-7-5-16(22)6-8-17/h2-10,12-13H,11,14H2,1H3,(H,24,27). The largest absolute Gasteiger partial charge is 0.340 e. The quantitative estimate of drug-likeness (QED) is 0.691. The first-order valence-electron chi connectivity index (χ1n) is 8.71. The first kappa shape index (κ1) is 19.5. The summed E-state index contributed by atoms with van der Waals surface area (Å²) in [5.74, 6) is -0.633. The summed E-state index contributed by atoms with van der Waals surface area (Å²) in [7, 11) is 1.71. The maximum Gasteiger partial charge on any atom is 0.274 e. The maximum absolute atomic E-state index is 12.6. The Morgan fingerprint density at radius 1 is 1.00 bits per heavy atom. The van der Waals surface area contributed by atoms with Gasteiger partial charge in [-0.3, -0.25) is 14.6 Å². The highest BCUT2D eigenvalue weighted by Gasteiger charge is 2.16. The summed E-state index contributed by atoms with van der Waals surface area (Å²) < 4.78 is 0. The number of carbonyl (C=O) groups excluding carboxylic acids is 2. The molecule has 3 rings (SSSR count). The van der Waals surface area contributed by atoms with Crippen molar-refractivity contribution in [2.45, 2.75) is 6.42 Å². The summed E-state index contributed by atoms with van der Waals surface area (Å²) in [5.41, 5.74) is 2.09. The average molecular weight is 395 g/mol. The monoisotopic (exact) mass is 394 g/mol. The highest BCUT2D eigenvalue weighted by molar-refractivity contribution is 6.30. The molecule has 1 N–H and O–H groups in total. The van der Waals surface area contributed by atoms with Crippen LogP contribution < -0.4 is 5.32 Å². The number of rotatable bonds is 6. The number of benzene rings is 1. The number of aromatic nitrogens is 2. The first-order valence-corrected chi connectivity index (χ1v) is 9.09. The summed E-state index contributed by atoms with van der Waals surface area (Å²) in [6.45, 7) is 0.533. The Morgan fingerprint density at radius 2 is 1.68 bits per heavy atom. The van der Waals surface area contributed by atoms with Crippen molar-refractivity contribution in [2.24, 2.45) is 0 Å². The second-order valence-corrected chi connectivity index (χ2v) is 6.64. The SMILES string of the molecule is CN(CCc1ccncc1)C(=O)c1cccc(C(=O)Nc2ccc(Cl)cc2)n1. The van der Waals surface area contributed by atoms with Gasteiger partial charge in [-0.15, -0.1) is 0 Å². The van der Waals surface area contributed by atoms with E-state index in [0.29, 0.717) is 23.7 Å². The van der Waals surface area contributed by atoms with Crippen molar-refractivity contribution < 1.29 is 9.59 Å². The molecule has 7 heteroatoms. The molecule has 6 nitrogen and oxygen atoms in total. The first-order chi connectivity index (χ1) is 13.5. The molecule has 0 aliphatic carbocycles. The van der Waals surface area contributed by atoms with E-state index in [1.165, 1.54) is 0 Å². The van der Waals surface area contributed by atoms with Gasteiger partial charge in [0, 0.05) is 36.7 Å². The van der Waals surface area contributed by atoms with Crippen LogP contribution in [-0.4, -0.2) is 40.3 Å². The lowest BCUT2D eigenvalue weighted by atomic mass is 10.2. The van der Waals surface area contributed by atoms with E-state index in [9.17, 15) is 9.59 Å². The molecule has 2 aromatic heterocycles. The van der Waals surface area contributed by atoms with Crippen LogP contribution >= 0.6 is 11.6 Å². The molecular formula is C21H19ClN4O2. The summed E-state index contributed by atoms with van der Waals surface area (Å²) in [6, 6.07) is 15.4. The topological polar surface area (TPSA) is 75.2 Å². The third-order valence-electron chi connectivity index (χ3n) is 4.13. The van der Waals surface area contributed by atoms with E-state index in [1.54, 1.807) is 66.8 Å². The van der Waals surface area contributed by atoms with Crippen molar-refractivity contribution in [1.82, 2.24) is 14.9 Å². The smallest absolute Gasteiger partial charge is 0.274 e. The molecule has 3 aromatic rings. The molecule has 0 bridgehead atoms. The van der Waals surface area contributed by atoms with Gasteiger partial charge in [0.1, 0.15) is 11.4 Å². The second kappa shape index (κ2) is 9.10. The molecule has 1 aromatic carbocycles. The number of pyridine rings is 2. The summed E-state index contributed by atoms with van der Waals surface area (Å²) in [6.07, 6.45) is 4.16.